The van der Waals surface area contributed by atoms with Gasteiger partial charge in [0.1, 0.15) is 5.82 Å². The smallest absolute Gasteiger partial charge is 0.125 e. The Labute approximate surface area is 125 Å². The lowest BCUT2D eigenvalue weighted by molar-refractivity contribution is 0.579. The molecule has 0 aliphatic carbocycles. The average Bonchev–Trinajstić information content (AvgIpc) is 3.13. The lowest BCUT2D eigenvalue weighted by Gasteiger charge is -2.09. The molecule has 1 aliphatic heterocycles. The second-order valence-corrected chi connectivity index (χ2v) is 5.76. The minimum atomic E-state index is 0.772. The van der Waals surface area contributed by atoms with Gasteiger partial charge < -0.3 is 10.6 Å². The van der Waals surface area contributed by atoms with E-state index >= 15 is 0 Å². The fourth-order valence-corrected chi connectivity index (χ4v) is 2.76. The van der Waals surface area contributed by atoms with E-state index in [2.05, 4.69) is 32.8 Å². The first-order chi connectivity index (χ1) is 10.3. The standard InChI is InChI=1S/C16H23N5/c1-13-5-8-21(20-13)9-7-18-16-3-2-14(12-19-16)10-15-4-6-17-11-15/h2-3,5,8,12,15,17H,4,6-7,9-11H2,1H3,(H,18,19). The van der Waals surface area contributed by atoms with Gasteiger partial charge in [-0.1, -0.05) is 6.07 Å². The van der Waals surface area contributed by atoms with Crippen LogP contribution in [0.4, 0.5) is 5.82 Å². The lowest BCUT2D eigenvalue weighted by atomic mass is 10.00. The van der Waals surface area contributed by atoms with E-state index in [1.54, 1.807) is 0 Å². The largest absolute Gasteiger partial charge is 0.368 e. The number of pyridine rings is 1. The minimum Gasteiger partial charge on any atom is -0.368 e. The molecule has 3 heterocycles. The molecule has 1 atom stereocenters. The van der Waals surface area contributed by atoms with E-state index in [1.807, 2.05) is 30.1 Å². The van der Waals surface area contributed by atoms with Crippen LogP contribution in [0.15, 0.2) is 30.6 Å². The van der Waals surface area contributed by atoms with Crippen molar-refractivity contribution in [3.05, 3.63) is 41.9 Å². The summed E-state index contributed by atoms with van der Waals surface area (Å²) < 4.78 is 1.95. The number of aryl methyl sites for hydroxylation is 1. The maximum Gasteiger partial charge on any atom is 0.125 e. The molecular formula is C16H23N5. The molecule has 2 aromatic heterocycles. The van der Waals surface area contributed by atoms with Crippen molar-refractivity contribution in [2.45, 2.75) is 26.3 Å². The summed E-state index contributed by atoms with van der Waals surface area (Å²) in [6.45, 7) is 5.99. The van der Waals surface area contributed by atoms with Crippen LogP contribution in [0.1, 0.15) is 17.7 Å². The summed E-state index contributed by atoms with van der Waals surface area (Å²) >= 11 is 0. The maximum atomic E-state index is 4.50. The van der Waals surface area contributed by atoms with Gasteiger partial charge in [0.25, 0.3) is 0 Å². The first-order valence-electron chi connectivity index (χ1n) is 7.69. The zero-order valence-corrected chi connectivity index (χ0v) is 12.5. The van der Waals surface area contributed by atoms with E-state index in [4.69, 9.17) is 0 Å². The summed E-state index contributed by atoms with van der Waals surface area (Å²) in [7, 11) is 0. The van der Waals surface area contributed by atoms with Gasteiger partial charge in [0.05, 0.1) is 12.2 Å². The number of hydrogen-bond donors (Lipinski definition) is 2. The molecule has 0 bridgehead atoms. The summed E-state index contributed by atoms with van der Waals surface area (Å²) in [5.74, 6) is 1.71. The van der Waals surface area contributed by atoms with Crippen LogP contribution in [0.2, 0.25) is 0 Å². The van der Waals surface area contributed by atoms with Crippen molar-refractivity contribution in [3.8, 4) is 0 Å². The van der Waals surface area contributed by atoms with Gasteiger partial charge in [-0.3, -0.25) is 4.68 Å². The molecule has 2 aromatic rings. The highest BCUT2D eigenvalue weighted by Gasteiger charge is 2.14. The van der Waals surface area contributed by atoms with Gasteiger partial charge in [-0.25, -0.2) is 4.98 Å². The highest BCUT2D eigenvalue weighted by Crippen LogP contribution is 2.15. The molecule has 2 N–H and O–H groups in total. The van der Waals surface area contributed by atoms with Crippen molar-refractivity contribution in [2.75, 3.05) is 25.0 Å². The van der Waals surface area contributed by atoms with Crippen LogP contribution in [0.25, 0.3) is 0 Å². The number of hydrogen-bond acceptors (Lipinski definition) is 4. The Hall–Kier alpha value is -1.88. The second-order valence-electron chi connectivity index (χ2n) is 5.76. The Morgan fingerprint density at radius 3 is 3.00 bits per heavy atom. The molecule has 3 rings (SSSR count). The Morgan fingerprint density at radius 2 is 2.33 bits per heavy atom. The molecule has 1 unspecified atom stereocenters. The van der Waals surface area contributed by atoms with Crippen LogP contribution < -0.4 is 10.6 Å². The molecule has 0 radical (unpaired) electrons. The molecule has 1 saturated heterocycles. The van der Waals surface area contributed by atoms with Gasteiger partial charge in [-0.2, -0.15) is 5.10 Å². The topological polar surface area (TPSA) is 54.8 Å². The van der Waals surface area contributed by atoms with Gasteiger partial charge in [0.15, 0.2) is 0 Å². The first-order valence-corrected chi connectivity index (χ1v) is 7.69. The summed E-state index contributed by atoms with van der Waals surface area (Å²) in [5, 5.41) is 11.1. The van der Waals surface area contributed by atoms with Crippen LogP contribution in [-0.4, -0.2) is 34.4 Å². The fourth-order valence-electron chi connectivity index (χ4n) is 2.76. The summed E-state index contributed by atoms with van der Waals surface area (Å²) in [6.07, 6.45) is 6.41. The van der Waals surface area contributed by atoms with Gasteiger partial charge in [0, 0.05) is 18.9 Å². The van der Waals surface area contributed by atoms with Crippen LogP contribution in [0.3, 0.4) is 0 Å². The molecule has 21 heavy (non-hydrogen) atoms. The Morgan fingerprint density at radius 1 is 1.38 bits per heavy atom. The molecule has 1 fully saturated rings. The van der Waals surface area contributed by atoms with Crippen molar-refractivity contribution < 1.29 is 0 Å². The number of rotatable bonds is 6. The molecule has 112 valence electrons. The normalized spacial score (nSPS) is 18.0. The molecule has 0 aromatic carbocycles. The van der Waals surface area contributed by atoms with Crippen molar-refractivity contribution in [2.24, 2.45) is 5.92 Å². The lowest BCUT2D eigenvalue weighted by Crippen LogP contribution is -2.12. The fraction of sp³-hybridized carbons (Fsp3) is 0.500. The molecule has 0 spiro atoms. The maximum absolute atomic E-state index is 4.50. The summed E-state index contributed by atoms with van der Waals surface area (Å²) in [6, 6.07) is 6.28. The number of anilines is 1. The van der Waals surface area contributed by atoms with E-state index in [0.29, 0.717) is 0 Å². The SMILES string of the molecule is Cc1ccn(CCNc2ccc(CC3CCNC3)cn2)n1. The third-order valence-electron chi connectivity index (χ3n) is 3.93. The van der Waals surface area contributed by atoms with Crippen LogP contribution in [0.5, 0.6) is 0 Å². The van der Waals surface area contributed by atoms with Crippen molar-refractivity contribution in [3.63, 3.8) is 0 Å². The van der Waals surface area contributed by atoms with Crippen LogP contribution in [-0.2, 0) is 13.0 Å². The monoisotopic (exact) mass is 285 g/mol. The number of nitrogens with one attached hydrogen (secondary N) is 2. The molecule has 5 nitrogen and oxygen atoms in total. The Balaban J connectivity index is 1.45. The van der Waals surface area contributed by atoms with E-state index < -0.39 is 0 Å². The predicted octanol–water partition coefficient (Wildman–Crippen LogP) is 1.85. The number of nitrogens with zero attached hydrogens (tertiary/aromatic N) is 3. The molecule has 0 amide bonds. The third kappa shape index (κ3) is 4.04. The van der Waals surface area contributed by atoms with Gasteiger partial charge in [-0.05, 0) is 56.5 Å². The van der Waals surface area contributed by atoms with Crippen molar-refractivity contribution >= 4 is 5.82 Å². The first kappa shape index (κ1) is 14.1. The Kier molecular flexibility index (Phi) is 4.50. The van der Waals surface area contributed by atoms with Crippen LogP contribution >= 0.6 is 0 Å². The van der Waals surface area contributed by atoms with Gasteiger partial charge in [-0.15, -0.1) is 0 Å². The number of aromatic nitrogens is 3. The predicted molar refractivity (Wildman–Crippen MR) is 84.4 cm³/mol. The van der Waals surface area contributed by atoms with Crippen molar-refractivity contribution in [1.82, 2.24) is 20.1 Å². The zero-order chi connectivity index (χ0) is 14.5. The highest BCUT2D eigenvalue weighted by molar-refractivity contribution is 5.35. The average molecular weight is 285 g/mol. The summed E-state index contributed by atoms with van der Waals surface area (Å²) in [5.41, 5.74) is 2.39. The van der Waals surface area contributed by atoms with Crippen molar-refractivity contribution in [1.29, 1.82) is 0 Å². The van der Waals surface area contributed by atoms with Crippen LogP contribution in [0, 0.1) is 12.8 Å². The zero-order valence-electron chi connectivity index (χ0n) is 12.5. The molecule has 5 heteroatoms. The van der Waals surface area contributed by atoms with Gasteiger partial charge in [0.2, 0.25) is 0 Å². The summed E-state index contributed by atoms with van der Waals surface area (Å²) in [4.78, 5) is 4.50. The van der Waals surface area contributed by atoms with Gasteiger partial charge >= 0.3 is 0 Å². The minimum absolute atomic E-state index is 0.772. The molecular weight excluding hydrogens is 262 g/mol. The third-order valence-corrected chi connectivity index (χ3v) is 3.93. The van der Waals surface area contributed by atoms with E-state index in [0.717, 1.165) is 50.0 Å². The second kappa shape index (κ2) is 6.72. The quantitative estimate of drug-likeness (QED) is 0.850. The van der Waals surface area contributed by atoms with E-state index in [-0.39, 0.29) is 0 Å². The van der Waals surface area contributed by atoms with E-state index in [1.165, 1.54) is 12.0 Å². The molecule has 1 aliphatic rings. The van der Waals surface area contributed by atoms with E-state index in [9.17, 15) is 0 Å². The molecule has 0 saturated carbocycles. The highest BCUT2D eigenvalue weighted by atomic mass is 15.3. The Bertz CT molecular complexity index is 554.